The van der Waals surface area contributed by atoms with E-state index >= 15 is 0 Å². The maximum atomic E-state index is 12.8. The fraction of sp³-hybridized carbons (Fsp3) is 0.316. The molecule has 0 bridgehead atoms. The zero-order valence-corrected chi connectivity index (χ0v) is 15.6. The van der Waals surface area contributed by atoms with Crippen LogP contribution in [0.4, 0.5) is 5.69 Å². The molecule has 126 valence electrons. The fourth-order valence-corrected chi connectivity index (χ4v) is 3.44. The van der Waals surface area contributed by atoms with Gasteiger partial charge in [0, 0.05) is 27.7 Å². The topological polar surface area (TPSA) is 64.3 Å². The Bertz CT molecular complexity index is 802. The maximum absolute atomic E-state index is 12.8. The minimum Gasteiger partial charge on any atom is -0.487 e. The van der Waals surface area contributed by atoms with E-state index in [1.165, 1.54) is 0 Å². The summed E-state index contributed by atoms with van der Waals surface area (Å²) in [5, 5.41) is 3.15. The van der Waals surface area contributed by atoms with Crippen LogP contribution < -0.4 is 15.8 Å². The largest absolute Gasteiger partial charge is 0.487 e. The monoisotopic (exact) mass is 388 g/mol. The van der Waals surface area contributed by atoms with Crippen LogP contribution in [0.15, 0.2) is 40.9 Å². The van der Waals surface area contributed by atoms with Crippen molar-refractivity contribution in [1.29, 1.82) is 0 Å². The number of nitrogens with one attached hydrogen (secondary N) is 1. The molecular formula is C19H21BrN2O2. The lowest BCUT2D eigenvalue weighted by molar-refractivity contribution is 0.0620. The number of anilines is 1. The van der Waals surface area contributed by atoms with Gasteiger partial charge in [-0.25, -0.2) is 0 Å². The first-order valence-corrected chi connectivity index (χ1v) is 8.70. The van der Waals surface area contributed by atoms with E-state index in [1.807, 2.05) is 57.2 Å². The van der Waals surface area contributed by atoms with Crippen molar-refractivity contribution in [2.75, 3.05) is 5.73 Å². The van der Waals surface area contributed by atoms with Crippen LogP contribution in [0.3, 0.4) is 0 Å². The van der Waals surface area contributed by atoms with Gasteiger partial charge >= 0.3 is 0 Å². The van der Waals surface area contributed by atoms with Gasteiger partial charge in [-0.2, -0.15) is 0 Å². The van der Waals surface area contributed by atoms with Crippen LogP contribution >= 0.6 is 15.9 Å². The van der Waals surface area contributed by atoms with E-state index in [1.54, 1.807) is 0 Å². The van der Waals surface area contributed by atoms with Crippen molar-refractivity contribution < 1.29 is 9.53 Å². The molecule has 4 nitrogen and oxygen atoms in total. The Labute approximate surface area is 150 Å². The SMILES string of the molecule is Cc1ccc(Br)cc1C(=O)NC1CC(C)(C)Oc2ccc(N)cc21. The molecular weight excluding hydrogens is 368 g/mol. The molecule has 0 aromatic heterocycles. The van der Waals surface area contributed by atoms with Crippen LogP contribution in [0.25, 0.3) is 0 Å². The second-order valence-electron chi connectivity index (χ2n) is 6.85. The number of hydrogen-bond acceptors (Lipinski definition) is 3. The van der Waals surface area contributed by atoms with Crippen molar-refractivity contribution in [2.45, 2.75) is 38.8 Å². The quantitative estimate of drug-likeness (QED) is 0.750. The predicted octanol–water partition coefficient (Wildman–Crippen LogP) is 4.37. The van der Waals surface area contributed by atoms with Gasteiger partial charge in [-0.3, -0.25) is 4.79 Å². The van der Waals surface area contributed by atoms with E-state index in [0.717, 1.165) is 21.3 Å². The van der Waals surface area contributed by atoms with Crippen LogP contribution in [0, 0.1) is 6.92 Å². The smallest absolute Gasteiger partial charge is 0.252 e. The molecule has 3 rings (SSSR count). The summed E-state index contributed by atoms with van der Waals surface area (Å²) in [6, 6.07) is 11.1. The Hall–Kier alpha value is -2.01. The number of benzene rings is 2. The lowest BCUT2D eigenvalue weighted by Crippen LogP contribution is -2.41. The lowest BCUT2D eigenvalue weighted by Gasteiger charge is -2.38. The second-order valence-corrected chi connectivity index (χ2v) is 7.76. The number of rotatable bonds is 2. The number of aryl methyl sites for hydroxylation is 1. The molecule has 0 saturated heterocycles. The normalized spacial score (nSPS) is 18.4. The number of fused-ring (bicyclic) bond motifs is 1. The van der Waals surface area contributed by atoms with Gasteiger partial charge in [-0.1, -0.05) is 22.0 Å². The molecule has 24 heavy (non-hydrogen) atoms. The highest BCUT2D eigenvalue weighted by Gasteiger charge is 2.34. The van der Waals surface area contributed by atoms with Gasteiger partial charge < -0.3 is 15.8 Å². The van der Waals surface area contributed by atoms with Crippen LogP contribution in [-0.4, -0.2) is 11.5 Å². The Morgan fingerprint density at radius 3 is 2.79 bits per heavy atom. The van der Waals surface area contributed by atoms with Crippen molar-refractivity contribution >= 4 is 27.5 Å². The number of halogens is 1. The van der Waals surface area contributed by atoms with E-state index in [9.17, 15) is 4.79 Å². The molecule has 0 saturated carbocycles. The average molecular weight is 389 g/mol. The second kappa shape index (κ2) is 6.13. The summed E-state index contributed by atoms with van der Waals surface area (Å²) in [5.74, 6) is 0.682. The molecule has 0 fully saturated rings. The molecule has 1 unspecified atom stereocenters. The van der Waals surface area contributed by atoms with Crippen molar-refractivity contribution in [3.05, 3.63) is 57.6 Å². The molecule has 1 heterocycles. The summed E-state index contributed by atoms with van der Waals surface area (Å²) in [4.78, 5) is 12.8. The Morgan fingerprint density at radius 1 is 1.29 bits per heavy atom. The van der Waals surface area contributed by atoms with E-state index in [0.29, 0.717) is 17.7 Å². The van der Waals surface area contributed by atoms with Gasteiger partial charge in [0.2, 0.25) is 0 Å². The van der Waals surface area contributed by atoms with Gasteiger partial charge in [-0.05, 0) is 56.7 Å². The molecule has 1 atom stereocenters. The van der Waals surface area contributed by atoms with Crippen LogP contribution in [0.2, 0.25) is 0 Å². The third kappa shape index (κ3) is 3.41. The minimum atomic E-state index is -0.354. The molecule has 2 aromatic carbocycles. The lowest BCUT2D eigenvalue weighted by atomic mass is 9.89. The first-order chi connectivity index (χ1) is 11.2. The van der Waals surface area contributed by atoms with Crippen molar-refractivity contribution in [2.24, 2.45) is 0 Å². The van der Waals surface area contributed by atoms with Crippen molar-refractivity contribution in [1.82, 2.24) is 5.32 Å². The predicted molar refractivity (Wildman–Crippen MR) is 99.3 cm³/mol. The van der Waals surface area contributed by atoms with E-state index < -0.39 is 0 Å². The zero-order valence-electron chi connectivity index (χ0n) is 14.0. The molecule has 2 aromatic rings. The Morgan fingerprint density at radius 2 is 2.04 bits per heavy atom. The van der Waals surface area contributed by atoms with Crippen LogP contribution in [0.5, 0.6) is 5.75 Å². The Kier molecular flexibility index (Phi) is 4.30. The summed E-state index contributed by atoms with van der Waals surface area (Å²) in [7, 11) is 0. The highest BCUT2D eigenvalue weighted by Crippen LogP contribution is 2.40. The van der Waals surface area contributed by atoms with Gasteiger partial charge in [0.05, 0.1) is 6.04 Å². The van der Waals surface area contributed by atoms with Gasteiger partial charge in [0.25, 0.3) is 5.91 Å². The summed E-state index contributed by atoms with van der Waals surface area (Å²) < 4.78 is 6.90. The fourth-order valence-electron chi connectivity index (χ4n) is 3.08. The van der Waals surface area contributed by atoms with Crippen molar-refractivity contribution in [3.8, 4) is 5.75 Å². The standard InChI is InChI=1S/C19H21BrN2O2/c1-11-4-5-12(20)8-14(11)18(23)22-16-10-19(2,3)24-17-7-6-13(21)9-15(16)17/h4-9,16H,10,21H2,1-3H3,(H,22,23). The summed E-state index contributed by atoms with van der Waals surface area (Å²) in [6.07, 6.45) is 0.683. The molecule has 0 spiro atoms. The molecule has 1 aliphatic heterocycles. The van der Waals surface area contributed by atoms with Gasteiger partial charge in [0.15, 0.2) is 0 Å². The highest BCUT2D eigenvalue weighted by molar-refractivity contribution is 9.10. The average Bonchev–Trinajstić information content (AvgIpc) is 2.49. The third-order valence-electron chi connectivity index (χ3n) is 4.24. The first kappa shape index (κ1) is 16.8. The van der Waals surface area contributed by atoms with E-state index in [4.69, 9.17) is 10.5 Å². The number of ether oxygens (including phenoxy) is 1. The van der Waals surface area contributed by atoms with Crippen LogP contribution in [-0.2, 0) is 0 Å². The molecule has 0 radical (unpaired) electrons. The molecule has 5 heteroatoms. The van der Waals surface area contributed by atoms with E-state index in [2.05, 4.69) is 21.2 Å². The molecule has 1 amide bonds. The number of nitrogen functional groups attached to an aromatic ring is 1. The third-order valence-corrected chi connectivity index (χ3v) is 4.73. The van der Waals surface area contributed by atoms with E-state index in [-0.39, 0.29) is 17.6 Å². The number of hydrogen-bond donors (Lipinski definition) is 2. The van der Waals surface area contributed by atoms with Crippen molar-refractivity contribution in [3.63, 3.8) is 0 Å². The molecule has 0 aliphatic carbocycles. The van der Waals surface area contributed by atoms with Crippen LogP contribution in [0.1, 0.15) is 47.8 Å². The number of carbonyl (C=O) groups excluding carboxylic acids is 1. The minimum absolute atomic E-state index is 0.0927. The Balaban J connectivity index is 1.93. The molecule has 3 N–H and O–H groups in total. The van der Waals surface area contributed by atoms with Gasteiger partial charge in [0.1, 0.15) is 11.4 Å². The number of nitrogens with two attached hydrogens (primary N) is 1. The first-order valence-electron chi connectivity index (χ1n) is 7.91. The zero-order chi connectivity index (χ0) is 17.5. The molecule has 1 aliphatic rings. The number of carbonyl (C=O) groups is 1. The van der Waals surface area contributed by atoms with Gasteiger partial charge in [-0.15, -0.1) is 0 Å². The highest BCUT2D eigenvalue weighted by atomic mass is 79.9. The summed E-state index contributed by atoms with van der Waals surface area (Å²) in [6.45, 7) is 5.98. The summed E-state index contributed by atoms with van der Waals surface area (Å²) in [5.41, 5.74) is 8.76. The maximum Gasteiger partial charge on any atom is 0.252 e. The summed E-state index contributed by atoms with van der Waals surface area (Å²) >= 11 is 3.43. The number of amides is 1.